The van der Waals surface area contributed by atoms with Gasteiger partial charge in [-0.25, -0.2) is 0 Å². The summed E-state index contributed by atoms with van der Waals surface area (Å²) in [5.41, 5.74) is 7.53. The minimum absolute atomic E-state index is 0.0880. The fraction of sp³-hybridized carbons (Fsp3) is 0.105. The second-order valence-electron chi connectivity index (χ2n) is 5.22. The average Bonchev–Trinajstić information content (AvgIpc) is 2.55. The van der Waals surface area contributed by atoms with Crippen LogP contribution < -0.4 is 10.5 Å². The van der Waals surface area contributed by atoms with Gasteiger partial charge in [-0.05, 0) is 34.5 Å². The summed E-state index contributed by atoms with van der Waals surface area (Å²) in [5.74, 6) is 0.948. The standard InChI is InChI=1S/C19H18N2O/c20-19(21)17-7-6-16-13-18(9-8-15(16)12-17)22-11-10-14-4-2-1-3-5-14/h1-9,12-13H,10-11H2,(H3,20,21). The van der Waals surface area contributed by atoms with Crippen molar-refractivity contribution in [3.05, 3.63) is 77.9 Å². The first-order valence-electron chi connectivity index (χ1n) is 7.27. The Morgan fingerprint density at radius 2 is 1.64 bits per heavy atom. The van der Waals surface area contributed by atoms with E-state index in [9.17, 15) is 0 Å². The molecular formula is C19H18N2O. The molecule has 0 spiro atoms. The summed E-state index contributed by atoms with van der Waals surface area (Å²) in [6.45, 7) is 0.654. The van der Waals surface area contributed by atoms with Crippen LogP contribution in [0, 0.1) is 5.41 Å². The third-order valence-electron chi connectivity index (χ3n) is 3.63. The largest absolute Gasteiger partial charge is 0.493 e. The SMILES string of the molecule is N=C(N)c1ccc2cc(OCCc3ccccc3)ccc2c1. The van der Waals surface area contributed by atoms with Crippen LogP contribution in [0.4, 0.5) is 0 Å². The first kappa shape index (κ1) is 14.1. The molecule has 0 aliphatic rings. The van der Waals surface area contributed by atoms with Gasteiger partial charge in [0.05, 0.1) is 6.61 Å². The summed E-state index contributed by atoms with van der Waals surface area (Å²) in [7, 11) is 0. The summed E-state index contributed by atoms with van der Waals surface area (Å²) >= 11 is 0. The maximum absolute atomic E-state index is 7.48. The summed E-state index contributed by atoms with van der Waals surface area (Å²) in [4.78, 5) is 0. The van der Waals surface area contributed by atoms with Crippen LogP contribution in [0.5, 0.6) is 5.75 Å². The van der Waals surface area contributed by atoms with Crippen LogP contribution in [0.3, 0.4) is 0 Å². The predicted octanol–water partition coefficient (Wildman–Crippen LogP) is 3.75. The number of nitrogens with one attached hydrogen (secondary N) is 1. The minimum atomic E-state index is 0.0880. The lowest BCUT2D eigenvalue weighted by atomic mass is 10.1. The highest BCUT2D eigenvalue weighted by Crippen LogP contribution is 2.22. The van der Waals surface area contributed by atoms with Gasteiger partial charge in [-0.15, -0.1) is 0 Å². The molecule has 0 saturated carbocycles. The molecule has 0 amide bonds. The topological polar surface area (TPSA) is 59.1 Å². The zero-order valence-electron chi connectivity index (χ0n) is 12.3. The number of hydrogen-bond acceptors (Lipinski definition) is 2. The molecule has 3 rings (SSSR count). The van der Waals surface area contributed by atoms with Crippen molar-refractivity contribution in [3.8, 4) is 5.75 Å². The third kappa shape index (κ3) is 3.26. The Balaban J connectivity index is 1.69. The van der Waals surface area contributed by atoms with Crippen molar-refractivity contribution in [1.29, 1.82) is 5.41 Å². The quantitative estimate of drug-likeness (QED) is 0.555. The molecule has 0 heterocycles. The van der Waals surface area contributed by atoms with E-state index < -0.39 is 0 Å². The van der Waals surface area contributed by atoms with Crippen molar-refractivity contribution in [2.75, 3.05) is 6.61 Å². The number of hydrogen-bond donors (Lipinski definition) is 2. The molecule has 110 valence electrons. The molecule has 3 N–H and O–H groups in total. The van der Waals surface area contributed by atoms with Crippen molar-refractivity contribution < 1.29 is 4.74 Å². The van der Waals surface area contributed by atoms with Crippen LogP contribution in [-0.2, 0) is 6.42 Å². The Hall–Kier alpha value is -2.81. The van der Waals surface area contributed by atoms with Crippen LogP contribution in [0.2, 0.25) is 0 Å². The first-order chi connectivity index (χ1) is 10.7. The van der Waals surface area contributed by atoms with Gasteiger partial charge in [-0.1, -0.05) is 48.5 Å². The van der Waals surface area contributed by atoms with Gasteiger partial charge in [-0.3, -0.25) is 5.41 Å². The van der Waals surface area contributed by atoms with E-state index in [0.717, 1.165) is 28.5 Å². The van der Waals surface area contributed by atoms with E-state index in [1.54, 1.807) is 0 Å². The third-order valence-corrected chi connectivity index (χ3v) is 3.63. The number of rotatable bonds is 5. The second kappa shape index (κ2) is 6.31. The molecule has 0 aromatic heterocycles. The van der Waals surface area contributed by atoms with Crippen molar-refractivity contribution in [3.63, 3.8) is 0 Å². The summed E-state index contributed by atoms with van der Waals surface area (Å²) in [6, 6.07) is 22.0. The lowest BCUT2D eigenvalue weighted by Crippen LogP contribution is -2.10. The van der Waals surface area contributed by atoms with E-state index in [1.165, 1.54) is 5.56 Å². The fourth-order valence-electron chi connectivity index (χ4n) is 2.41. The van der Waals surface area contributed by atoms with Crippen LogP contribution in [-0.4, -0.2) is 12.4 Å². The van der Waals surface area contributed by atoms with Gasteiger partial charge >= 0.3 is 0 Å². The molecule has 0 aliphatic heterocycles. The molecule has 3 heteroatoms. The Labute approximate surface area is 129 Å². The van der Waals surface area contributed by atoms with Crippen molar-refractivity contribution in [2.24, 2.45) is 5.73 Å². The minimum Gasteiger partial charge on any atom is -0.493 e. The van der Waals surface area contributed by atoms with Gasteiger partial charge in [0.1, 0.15) is 11.6 Å². The van der Waals surface area contributed by atoms with Gasteiger partial charge in [0, 0.05) is 12.0 Å². The molecule has 0 saturated heterocycles. The predicted molar refractivity (Wildman–Crippen MR) is 90.6 cm³/mol. The van der Waals surface area contributed by atoms with Crippen LogP contribution in [0.1, 0.15) is 11.1 Å². The summed E-state index contributed by atoms with van der Waals surface area (Å²) in [6.07, 6.45) is 0.891. The zero-order valence-corrected chi connectivity index (χ0v) is 12.3. The summed E-state index contributed by atoms with van der Waals surface area (Å²) < 4.78 is 5.83. The van der Waals surface area contributed by atoms with Gasteiger partial charge in [0.2, 0.25) is 0 Å². The second-order valence-corrected chi connectivity index (χ2v) is 5.22. The molecule has 22 heavy (non-hydrogen) atoms. The molecule has 3 aromatic carbocycles. The molecule has 3 aromatic rings. The maximum atomic E-state index is 7.48. The highest BCUT2D eigenvalue weighted by atomic mass is 16.5. The van der Waals surface area contributed by atoms with Crippen LogP contribution >= 0.6 is 0 Å². The molecule has 0 fully saturated rings. The highest BCUT2D eigenvalue weighted by Gasteiger charge is 2.01. The molecule has 0 atom stereocenters. The zero-order chi connectivity index (χ0) is 15.4. The Kier molecular flexibility index (Phi) is 4.05. The average molecular weight is 290 g/mol. The first-order valence-corrected chi connectivity index (χ1v) is 7.27. The number of amidine groups is 1. The summed E-state index contributed by atoms with van der Waals surface area (Å²) in [5, 5.41) is 9.62. The van der Waals surface area contributed by atoms with Gasteiger partial charge in [0.25, 0.3) is 0 Å². The highest BCUT2D eigenvalue weighted by molar-refractivity contribution is 5.99. The van der Waals surface area contributed by atoms with Gasteiger partial charge < -0.3 is 10.5 Å². The van der Waals surface area contributed by atoms with Crippen molar-refractivity contribution >= 4 is 16.6 Å². The Bertz CT molecular complexity index is 797. The molecule has 0 unspecified atom stereocenters. The maximum Gasteiger partial charge on any atom is 0.122 e. The van der Waals surface area contributed by atoms with E-state index in [-0.39, 0.29) is 5.84 Å². The van der Waals surface area contributed by atoms with Gasteiger partial charge in [0.15, 0.2) is 0 Å². The van der Waals surface area contributed by atoms with Crippen LogP contribution in [0.15, 0.2) is 66.7 Å². The van der Waals surface area contributed by atoms with Crippen molar-refractivity contribution in [2.45, 2.75) is 6.42 Å². The Morgan fingerprint density at radius 3 is 2.41 bits per heavy atom. The van der Waals surface area contributed by atoms with E-state index in [0.29, 0.717) is 6.61 Å². The molecular weight excluding hydrogens is 272 g/mol. The normalized spacial score (nSPS) is 10.5. The number of nitrogens with two attached hydrogens (primary N) is 1. The number of nitrogen functional groups attached to an aromatic ring is 1. The van der Waals surface area contributed by atoms with Crippen molar-refractivity contribution in [1.82, 2.24) is 0 Å². The van der Waals surface area contributed by atoms with Gasteiger partial charge in [-0.2, -0.15) is 0 Å². The van der Waals surface area contributed by atoms with E-state index in [4.69, 9.17) is 15.9 Å². The van der Waals surface area contributed by atoms with Crippen LogP contribution in [0.25, 0.3) is 10.8 Å². The van der Waals surface area contributed by atoms with E-state index in [1.807, 2.05) is 54.6 Å². The number of fused-ring (bicyclic) bond motifs is 1. The molecule has 0 bridgehead atoms. The lowest BCUT2D eigenvalue weighted by molar-refractivity contribution is 0.322. The lowest BCUT2D eigenvalue weighted by Gasteiger charge is -2.08. The molecule has 0 aliphatic carbocycles. The number of benzene rings is 3. The van der Waals surface area contributed by atoms with E-state index in [2.05, 4.69) is 12.1 Å². The smallest absolute Gasteiger partial charge is 0.122 e. The number of ether oxygens (including phenoxy) is 1. The monoisotopic (exact) mass is 290 g/mol. The molecule has 0 radical (unpaired) electrons. The molecule has 3 nitrogen and oxygen atoms in total. The fourth-order valence-corrected chi connectivity index (χ4v) is 2.41. The van der Waals surface area contributed by atoms with E-state index >= 15 is 0 Å². The Morgan fingerprint density at radius 1 is 0.909 bits per heavy atom.